The molecule has 0 aliphatic rings. The van der Waals surface area contributed by atoms with Crippen molar-refractivity contribution in [3.8, 4) is 12.3 Å². The van der Waals surface area contributed by atoms with E-state index >= 15 is 0 Å². The SMILES string of the molecule is C#CCCCCCOC(=O)NCCCC[C@H](N)C(=O)O. The normalized spacial score (nSPS) is 11.4. The third-order valence-electron chi connectivity index (χ3n) is 2.73. The van der Waals surface area contributed by atoms with Crippen molar-refractivity contribution in [1.82, 2.24) is 5.32 Å². The summed E-state index contributed by atoms with van der Waals surface area (Å²) >= 11 is 0. The summed E-state index contributed by atoms with van der Waals surface area (Å²) in [5.74, 6) is 1.56. The summed E-state index contributed by atoms with van der Waals surface area (Å²) in [5, 5.41) is 11.2. The van der Waals surface area contributed by atoms with Crippen LogP contribution in [0, 0.1) is 12.3 Å². The van der Waals surface area contributed by atoms with Crippen LogP contribution in [0.5, 0.6) is 0 Å². The molecule has 0 rings (SSSR count). The first-order valence-corrected chi connectivity index (χ1v) is 6.90. The van der Waals surface area contributed by atoms with Crippen molar-refractivity contribution in [3.05, 3.63) is 0 Å². The number of carbonyl (C=O) groups is 2. The highest BCUT2D eigenvalue weighted by atomic mass is 16.5. The van der Waals surface area contributed by atoms with Gasteiger partial charge < -0.3 is 20.9 Å². The summed E-state index contributed by atoms with van der Waals surface area (Å²) in [5.41, 5.74) is 5.35. The molecule has 0 bridgehead atoms. The van der Waals surface area contributed by atoms with Crippen LogP contribution < -0.4 is 11.1 Å². The number of hydrogen-bond acceptors (Lipinski definition) is 4. The van der Waals surface area contributed by atoms with Crippen molar-refractivity contribution < 1.29 is 19.4 Å². The number of unbranched alkanes of at least 4 members (excludes halogenated alkanes) is 4. The second-order valence-corrected chi connectivity index (χ2v) is 4.52. The van der Waals surface area contributed by atoms with E-state index in [1.54, 1.807) is 0 Å². The van der Waals surface area contributed by atoms with E-state index in [4.69, 9.17) is 22.0 Å². The fourth-order valence-electron chi connectivity index (χ4n) is 1.52. The van der Waals surface area contributed by atoms with Crippen LogP contribution in [0.3, 0.4) is 0 Å². The summed E-state index contributed by atoms with van der Waals surface area (Å²) in [4.78, 5) is 21.7. The molecule has 6 heteroatoms. The second kappa shape index (κ2) is 12.3. The van der Waals surface area contributed by atoms with Crippen molar-refractivity contribution in [2.75, 3.05) is 13.2 Å². The molecule has 0 aliphatic heterocycles. The molecule has 1 amide bonds. The molecule has 0 fully saturated rings. The molecular weight excluding hydrogens is 260 g/mol. The molecule has 6 nitrogen and oxygen atoms in total. The molecular formula is C14H24N2O4. The van der Waals surface area contributed by atoms with Crippen molar-refractivity contribution in [3.63, 3.8) is 0 Å². The van der Waals surface area contributed by atoms with Gasteiger partial charge in [0.2, 0.25) is 0 Å². The van der Waals surface area contributed by atoms with E-state index in [2.05, 4.69) is 11.2 Å². The lowest BCUT2D eigenvalue weighted by atomic mass is 10.1. The Morgan fingerprint density at radius 3 is 2.65 bits per heavy atom. The van der Waals surface area contributed by atoms with Crippen LogP contribution >= 0.6 is 0 Å². The molecule has 0 aromatic carbocycles. The van der Waals surface area contributed by atoms with E-state index in [1.165, 1.54) is 0 Å². The molecule has 1 atom stereocenters. The minimum Gasteiger partial charge on any atom is -0.480 e. The van der Waals surface area contributed by atoms with E-state index in [-0.39, 0.29) is 0 Å². The maximum Gasteiger partial charge on any atom is 0.407 e. The zero-order chi connectivity index (χ0) is 15.2. The van der Waals surface area contributed by atoms with Crippen molar-refractivity contribution >= 4 is 12.1 Å². The van der Waals surface area contributed by atoms with Gasteiger partial charge in [-0.05, 0) is 38.5 Å². The van der Waals surface area contributed by atoms with Gasteiger partial charge in [-0.1, -0.05) is 0 Å². The molecule has 4 N–H and O–H groups in total. The Kier molecular flexibility index (Phi) is 11.2. The van der Waals surface area contributed by atoms with Crippen LogP contribution in [-0.4, -0.2) is 36.4 Å². The highest BCUT2D eigenvalue weighted by Gasteiger charge is 2.10. The van der Waals surface area contributed by atoms with Gasteiger partial charge >= 0.3 is 12.1 Å². The third-order valence-corrected chi connectivity index (χ3v) is 2.73. The Bertz CT molecular complexity index is 326. The molecule has 0 saturated carbocycles. The number of nitrogens with two attached hydrogens (primary N) is 1. The van der Waals surface area contributed by atoms with Crippen molar-refractivity contribution in [1.29, 1.82) is 0 Å². The number of aliphatic carboxylic acids is 1. The lowest BCUT2D eigenvalue weighted by Crippen LogP contribution is -2.30. The molecule has 0 aromatic heterocycles. The molecule has 0 unspecified atom stereocenters. The second-order valence-electron chi connectivity index (χ2n) is 4.52. The van der Waals surface area contributed by atoms with Gasteiger partial charge in [-0.2, -0.15) is 0 Å². The van der Waals surface area contributed by atoms with Gasteiger partial charge in [0.1, 0.15) is 6.04 Å². The first kappa shape index (κ1) is 18.3. The predicted octanol–water partition coefficient (Wildman–Crippen LogP) is 1.49. The van der Waals surface area contributed by atoms with Crippen LogP contribution in [0.25, 0.3) is 0 Å². The van der Waals surface area contributed by atoms with Gasteiger partial charge in [0, 0.05) is 13.0 Å². The minimum absolute atomic E-state index is 0.389. The van der Waals surface area contributed by atoms with E-state index < -0.39 is 18.1 Å². The first-order valence-electron chi connectivity index (χ1n) is 6.90. The highest BCUT2D eigenvalue weighted by molar-refractivity contribution is 5.72. The third kappa shape index (κ3) is 11.4. The van der Waals surface area contributed by atoms with Gasteiger partial charge in [-0.25, -0.2) is 4.79 Å². The van der Waals surface area contributed by atoms with Gasteiger partial charge in [0.15, 0.2) is 0 Å². The molecule has 0 saturated heterocycles. The quantitative estimate of drug-likeness (QED) is 0.394. The zero-order valence-corrected chi connectivity index (χ0v) is 11.8. The number of ether oxygens (including phenoxy) is 1. The number of terminal acetylenes is 1. The number of rotatable bonds is 11. The van der Waals surface area contributed by atoms with E-state index in [1.807, 2.05) is 0 Å². The summed E-state index contributed by atoms with van der Waals surface area (Å²) in [6, 6.07) is -0.829. The number of carbonyl (C=O) groups excluding carboxylic acids is 1. The van der Waals surface area contributed by atoms with E-state index in [0.717, 1.165) is 25.7 Å². The molecule has 0 aromatic rings. The monoisotopic (exact) mass is 284 g/mol. The van der Waals surface area contributed by atoms with E-state index in [0.29, 0.717) is 32.4 Å². The zero-order valence-electron chi connectivity index (χ0n) is 11.8. The maximum atomic E-state index is 11.3. The number of carboxylic acids is 1. The average Bonchev–Trinajstić information content (AvgIpc) is 2.41. The van der Waals surface area contributed by atoms with E-state index in [9.17, 15) is 9.59 Å². The first-order chi connectivity index (χ1) is 9.57. The fraction of sp³-hybridized carbons (Fsp3) is 0.714. The highest BCUT2D eigenvalue weighted by Crippen LogP contribution is 2.00. The molecule has 0 spiro atoms. The Morgan fingerprint density at radius 1 is 1.25 bits per heavy atom. The predicted molar refractivity (Wildman–Crippen MR) is 76.1 cm³/mol. The number of amides is 1. The number of hydrogen-bond donors (Lipinski definition) is 3. The smallest absolute Gasteiger partial charge is 0.407 e. The summed E-state index contributed by atoms with van der Waals surface area (Å²) in [6.07, 6.45) is 9.88. The summed E-state index contributed by atoms with van der Waals surface area (Å²) in [7, 11) is 0. The van der Waals surface area contributed by atoms with Gasteiger partial charge in [-0.15, -0.1) is 12.3 Å². The van der Waals surface area contributed by atoms with Gasteiger partial charge in [0.25, 0.3) is 0 Å². The average molecular weight is 284 g/mol. The number of nitrogens with one attached hydrogen (secondary N) is 1. The topological polar surface area (TPSA) is 102 Å². The fourth-order valence-corrected chi connectivity index (χ4v) is 1.52. The summed E-state index contributed by atoms with van der Waals surface area (Å²) < 4.78 is 4.97. The van der Waals surface area contributed by atoms with Crippen LogP contribution in [0.1, 0.15) is 44.9 Å². The summed E-state index contributed by atoms with van der Waals surface area (Å²) in [6.45, 7) is 0.850. The maximum absolute atomic E-state index is 11.3. The van der Waals surface area contributed by atoms with Crippen LogP contribution in [0.15, 0.2) is 0 Å². The van der Waals surface area contributed by atoms with Crippen LogP contribution in [0.2, 0.25) is 0 Å². The lowest BCUT2D eigenvalue weighted by Gasteiger charge is -2.08. The largest absolute Gasteiger partial charge is 0.480 e. The molecule has 0 heterocycles. The Labute approximate surface area is 120 Å². The molecule has 0 radical (unpaired) electrons. The molecule has 0 aliphatic carbocycles. The molecule has 114 valence electrons. The van der Waals surface area contributed by atoms with Gasteiger partial charge in [0.05, 0.1) is 6.61 Å². The van der Waals surface area contributed by atoms with Crippen LogP contribution in [-0.2, 0) is 9.53 Å². The lowest BCUT2D eigenvalue weighted by molar-refractivity contribution is -0.138. The Morgan fingerprint density at radius 2 is 2.00 bits per heavy atom. The van der Waals surface area contributed by atoms with Gasteiger partial charge in [-0.3, -0.25) is 4.79 Å². The number of carboxylic acid groups (broad SMARTS) is 1. The Hall–Kier alpha value is -1.74. The standard InChI is InChI=1S/C14H24N2O4/c1-2-3-4-5-8-11-20-14(19)16-10-7-6-9-12(15)13(17)18/h1,12H,3-11,15H2,(H,16,19)(H,17,18)/t12-/m0/s1. The van der Waals surface area contributed by atoms with Crippen LogP contribution in [0.4, 0.5) is 4.79 Å². The Balaban J connectivity index is 3.33. The molecule has 20 heavy (non-hydrogen) atoms. The minimum atomic E-state index is -0.998. The number of alkyl carbamates (subject to hydrolysis) is 1. The van der Waals surface area contributed by atoms with Crippen molar-refractivity contribution in [2.45, 2.75) is 51.0 Å². The van der Waals surface area contributed by atoms with Crippen molar-refractivity contribution in [2.24, 2.45) is 5.73 Å².